The third kappa shape index (κ3) is 5.41. The Morgan fingerprint density at radius 1 is 1.30 bits per heavy atom. The molecule has 2 saturated heterocycles. The van der Waals surface area contributed by atoms with Crippen molar-refractivity contribution >= 4 is 17.5 Å². The van der Waals surface area contributed by atoms with Crippen LogP contribution in [0.15, 0.2) is 24.3 Å². The number of carbonyl (C=O) groups is 2. The van der Waals surface area contributed by atoms with E-state index in [1.54, 1.807) is 0 Å². The molecule has 0 radical (unpaired) electrons. The fourth-order valence-corrected chi connectivity index (χ4v) is 3.17. The molecule has 1 aromatic rings. The minimum absolute atomic E-state index is 0.0571. The Bertz CT molecular complexity index is 692. The van der Waals surface area contributed by atoms with Gasteiger partial charge in [0.2, 0.25) is 11.8 Å². The minimum atomic E-state index is -4.48. The SMILES string of the molecule is O=C(CC1NC(=O)CC(N2CCOCC2)N1)Nc1cccc(C(F)(F)F)c1. The third-order valence-corrected chi connectivity index (χ3v) is 4.46. The van der Waals surface area contributed by atoms with Gasteiger partial charge in [0.05, 0.1) is 44.0 Å². The molecule has 0 saturated carbocycles. The number of hydrogen-bond donors (Lipinski definition) is 3. The lowest BCUT2D eigenvalue weighted by molar-refractivity contribution is -0.137. The molecule has 0 spiro atoms. The van der Waals surface area contributed by atoms with Gasteiger partial charge in [-0.25, -0.2) is 0 Å². The van der Waals surface area contributed by atoms with E-state index in [2.05, 4.69) is 20.9 Å². The van der Waals surface area contributed by atoms with Crippen LogP contribution in [0.1, 0.15) is 18.4 Å². The summed E-state index contributed by atoms with van der Waals surface area (Å²) in [5, 5.41) is 8.34. The van der Waals surface area contributed by atoms with Crippen LogP contribution >= 0.6 is 0 Å². The summed E-state index contributed by atoms with van der Waals surface area (Å²) in [6.07, 6.45) is -5.10. The number of halogens is 3. The van der Waals surface area contributed by atoms with Gasteiger partial charge in [-0.05, 0) is 18.2 Å². The van der Waals surface area contributed by atoms with E-state index in [0.717, 1.165) is 12.1 Å². The maximum atomic E-state index is 12.8. The normalized spacial score (nSPS) is 24.3. The van der Waals surface area contributed by atoms with E-state index >= 15 is 0 Å². The van der Waals surface area contributed by atoms with Gasteiger partial charge in [0.1, 0.15) is 0 Å². The molecule has 2 heterocycles. The van der Waals surface area contributed by atoms with Crippen LogP contribution in [0.4, 0.5) is 18.9 Å². The van der Waals surface area contributed by atoms with Gasteiger partial charge in [0, 0.05) is 18.8 Å². The lowest BCUT2D eigenvalue weighted by Gasteiger charge is -2.40. The largest absolute Gasteiger partial charge is 0.416 e. The number of anilines is 1. The molecule has 0 aliphatic carbocycles. The van der Waals surface area contributed by atoms with Crippen LogP contribution in [-0.2, 0) is 20.5 Å². The Hall–Kier alpha value is -2.17. The van der Waals surface area contributed by atoms with Crippen LogP contribution in [0.25, 0.3) is 0 Å². The first-order valence-electron chi connectivity index (χ1n) is 8.65. The van der Waals surface area contributed by atoms with E-state index < -0.39 is 23.8 Å². The van der Waals surface area contributed by atoms with Crippen LogP contribution in [0.5, 0.6) is 0 Å². The Kier molecular flexibility index (Phi) is 5.98. The van der Waals surface area contributed by atoms with Crippen molar-refractivity contribution in [3.8, 4) is 0 Å². The van der Waals surface area contributed by atoms with E-state index in [-0.39, 0.29) is 30.6 Å². The zero-order valence-corrected chi connectivity index (χ0v) is 14.5. The number of carbonyl (C=O) groups excluding carboxylic acids is 2. The molecule has 2 aliphatic heterocycles. The highest BCUT2D eigenvalue weighted by atomic mass is 19.4. The molecule has 10 heteroatoms. The van der Waals surface area contributed by atoms with Gasteiger partial charge in [-0.3, -0.25) is 19.8 Å². The average molecular weight is 386 g/mol. The summed E-state index contributed by atoms with van der Waals surface area (Å²) in [6, 6.07) is 4.43. The van der Waals surface area contributed by atoms with Crippen molar-refractivity contribution in [1.82, 2.24) is 15.5 Å². The summed E-state index contributed by atoms with van der Waals surface area (Å²) in [5.41, 5.74) is -0.779. The van der Waals surface area contributed by atoms with Crippen molar-refractivity contribution in [3.05, 3.63) is 29.8 Å². The van der Waals surface area contributed by atoms with Gasteiger partial charge in [0.25, 0.3) is 0 Å². The van der Waals surface area contributed by atoms with Crippen molar-refractivity contribution < 1.29 is 27.5 Å². The summed E-state index contributed by atoms with van der Waals surface area (Å²) >= 11 is 0. The zero-order valence-electron chi connectivity index (χ0n) is 14.5. The zero-order chi connectivity index (χ0) is 19.4. The molecular formula is C17H21F3N4O3. The van der Waals surface area contributed by atoms with E-state index in [1.165, 1.54) is 12.1 Å². The molecule has 2 unspecified atom stereocenters. The minimum Gasteiger partial charge on any atom is -0.379 e. The van der Waals surface area contributed by atoms with Gasteiger partial charge in [-0.1, -0.05) is 6.07 Å². The Morgan fingerprint density at radius 3 is 2.74 bits per heavy atom. The smallest absolute Gasteiger partial charge is 0.379 e. The number of hydrogen-bond acceptors (Lipinski definition) is 5. The Morgan fingerprint density at radius 2 is 2.04 bits per heavy atom. The lowest BCUT2D eigenvalue weighted by atomic mass is 10.1. The molecule has 2 atom stereocenters. The van der Waals surface area contributed by atoms with Crippen molar-refractivity contribution in [2.45, 2.75) is 31.3 Å². The molecule has 2 amide bonds. The summed E-state index contributed by atoms with van der Waals surface area (Å²) in [6.45, 7) is 2.54. The number of nitrogens with zero attached hydrogens (tertiary/aromatic N) is 1. The van der Waals surface area contributed by atoms with Crippen LogP contribution in [0.3, 0.4) is 0 Å². The molecule has 0 aromatic heterocycles. The number of alkyl halides is 3. The molecule has 1 aromatic carbocycles. The number of amides is 2. The fourth-order valence-electron chi connectivity index (χ4n) is 3.17. The molecule has 7 nitrogen and oxygen atoms in total. The second kappa shape index (κ2) is 8.24. The summed E-state index contributed by atoms with van der Waals surface area (Å²) in [5.74, 6) is -0.670. The molecule has 2 fully saturated rings. The number of rotatable bonds is 4. The molecule has 0 bridgehead atoms. The standard InChI is InChI=1S/C17H21F3N4O3/c18-17(19,20)11-2-1-3-12(8-11)21-15(25)9-13-22-14(10-16(26)23-13)24-4-6-27-7-5-24/h1-3,8,13-14,22H,4-7,9-10H2,(H,21,25)(H,23,26). The maximum Gasteiger partial charge on any atom is 0.416 e. The summed E-state index contributed by atoms with van der Waals surface area (Å²) < 4.78 is 43.6. The number of morpholine rings is 1. The van der Waals surface area contributed by atoms with E-state index in [0.29, 0.717) is 26.3 Å². The third-order valence-electron chi connectivity index (χ3n) is 4.46. The van der Waals surface area contributed by atoms with Crippen LogP contribution < -0.4 is 16.0 Å². The molecule has 27 heavy (non-hydrogen) atoms. The van der Waals surface area contributed by atoms with Gasteiger partial charge in [0.15, 0.2) is 0 Å². The topological polar surface area (TPSA) is 82.7 Å². The van der Waals surface area contributed by atoms with E-state index in [4.69, 9.17) is 4.74 Å². The lowest BCUT2D eigenvalue weighted by Crippen LogP contribution is -2.63. The number of nitrogens with one attached hydrogen (secondary N) is 3. The monoisotopic (exact) mass is 386 g/mol. The highest BCUT2D eigenvalue weighted by Gasteiger charge is 2.32. The van der Waals surface area contributed by atoms with Crippen LogP contribution in [0.2, 0.25) is 0 Å². The summed E-state index contributed by atoms with van der Waals surface area (Å²) in [4.78, 5) is 26.3. The Balaban J connectivity index is 1.57. The predicted octanol–water partition coefficient (Wildman–Crippen LogP) is 1.13. The molecular weight excluding hydrogens is 365 g/mol. The Labute approximate surface area is 154 Å². The highest BCUT2D eigenvalue weighted by Crippen LogP contribution is 2.30. The average Bonchev–Trinajstić information content (AvgIpc) is 2.61. The van der Waals surface area contributed by atoms with Crippen molar-refractivity contribution in [1.29, 1.82) is 0 Å². The van der Waals surface area contributed by atoms with Crippen molar-refractivity contribution in [2.75, 3.05) is 31.6 Å². The first-order chi connectivity index (χ1) is 12.8. The second-order valence-corrected chi connectivity index (χ2v) is 6.49. The second-order valence-electron chi connectivity index (χ2n) is 6.49. The van der Waals surface area contributed by atoms with E-state index in [1.807, 2.05) is 0 Å². The molecule has 2 aliphatic rings. The van der Waals surface area contributed by atoms with Crippen LogP contribution in [0, 0.1) is 0 Å². The first kappa shape index (κ1) is 19.6. The maximum absolute atomic E-state index is 12.8. The van der Waals surface area contributed by atoms with Crippen molar-refractivity contribution in [2.24, 2.45) is 0 Å². The van der Waals surface area contributed by atoms with Gasteiger partial charge >= 0.3 is 6.18 Å². The van der Waals surface area contributed by atoms with E-state index in [9.17, 15) is 22.8 Å². The van der Waals surface area contributed by atoms with Crippen molar-refractivity contribution in [3.63, 3.8) is 0 Å². The first-order valence-corrected chi connectivity index (χ1v) is 8.65. The molecule has 148 valence electrons. The fraction of sp³-hybridized carbons (Fsp3) is 0.529. The summed E-state index contributed by atoms with van der Waals surface area (Å²) in [7, 11) is 0. The molecule has 3 N–H and O–H groups in total. The van der Waals surface area contributed by atoms with Gasteiger partial charge in [-0.2, -0.15) is 13.2 Å². The predicted molar refractivity (Wildman–Crippen MR) is 90.6 cm³/mol. The van der Waals surface area contributed by atoms with Crippen LogP contribution in [-0.4, -0.2) is 55.3 Å². The highest BCUT2D eigenvalue weighted by molar-refractivity contribution is 5.91. The quantitative estimate of drug-likeness (QED) is 0.723. The van der Waals surface area contributed by atoms with Gasteiger partial charge < -0.3 is 15.4 Å². The number of benzene rings is 1. The van der Waals surface area contributed by atoms with Gasteiger partial charge in [-0.15, -0.1) is 0 Å². The molecule has 3 rings (SSSR count). The number of ether oxygens (including phenoxy) is 1.